The van der Waals surface area contributed by atoms with Gasteiger partial charge in [0.05, 0.1) is 0 Å². The molecule has 0 aromatic heterocycles. The number of benzene rings is 1. The smallest absolute Gasteiger partial charge is 0.130 e. The zero-order valence-corrected chi connectivity index (χ0v) is 10.4. The number of rotatable bonds is 1. The summed E-state index contributed by atoms with van der Waals surface area (Å²) in [6.07, 6.45) is 3.42. The summed E-state index contributed by atoms with van der Waals surface area (Å²) in [5.41, 5.74) is 1.52. The normalized spacial score (nSPS) is 21.7. The molecule has 82 valence electrons. The number of halogens is 2. The van der Waals surface area contributed by atoms with Crippen molar-refractivity contribution in [2.75, 3.05) is 6.54 Å². The fourth-order valence-electron chi connectivity index (χ4n) is 2.12. The third-order valence-corrected chi connectivity index (χ3v) is 3.39. The van der Waals surface area contributed by atoms with Gasteiger partial charge in [-0.25, -0.2) is 4.39 Å². The predicted octanol–water partition coefficient (Wildman–Crippen LogP) is 3.71. The Morgan fingerprint density at radius 3 is 2.87 bits per heavy atom. The number of hydrogen-bond donors (Lipinski definition) is 1. The summed E-state index contributed by atoms with van der Waals surface area (Å²) < 4.78 is 14.9. The molecule has 0 aliphatic carbocycles. The molecule has 1 heterocycles. The van der Waals surface area contributed by atoms with Crippen molar-refractivity contribution in [3.63, 3.8) is 0 Å². The molecule has 0 bridgehead atoms. The van der Waals surface area contributed by atoms with E-state index in [0.717, 1.165) is 23.0 Å². The Hall–Kier alpha value is -0.410. The van der Waals surface area contributed by atoms with Crippen molar-refractivity contribution in [2.24, 2.45) is 0 Å². The first-order valence-electron chi connectivity index (χ1n) is 5.37. The zero-order chi connectivity index (χ0) is 10.8. The van der Waals surface area contributed by atoms with Crippen LogP contribution in [0.5, 0.6) is 0 Å². The van der Waals surface area contributed by atoms with E-state index in [4.69, 9.17) is 0 Å². The Bertz CT molecular complexity index is 359. The minimum Gasteiger partial charge on any atom is -0.310 e. The van der Waals surface area contributed by atoms with Gasteiger partial charge < -0.3 is 5.32 Å². The van der Waals surface area contributed by atoms with Crippen LogP contribution in [0.1, 0.15) is 36.4 Å². The van der Waals surface area contributed by atoms with Crippen molar-refractivity contribution in [2.45, 2.75) is 32.2 Å². The van der Waals surface area contributed by atoms with Crippen molar-refractivity contribution in [1.29, 1.82) is 0 Å². The maximum Gasteiger partial charge on any atom is 0.130 e. The van der Waals surface area contributed by atoms with E-state index in [1.54, 1.807) is 0 Å². The Morgan fingerprint density at radius 2 is 2.20 bits per heavy atom. The van der Waals surface area contributed by atoms with Gasteiger partial charge in [0.2, 0.25) is 0 Å². The van der Waals surface area contributed by atoms with Gasteiger partial charge in [-0.15, -0.1) is 0 Å². The Balaban J connectivity index is 2.33. The van der Waals surface area contributed by atoms with E-state index in [2.05, 4.69) is 21.2 Å². The lowest BCUT2D eigenvalue weighted by molar-refractivity contribution is 0.399. The van der Waals surface area contributed by atoms with E-state index in [0.29, 0.717) is 5.56 Å². The van der Waals surface area contributed by atoms with Crippen LogP contribution < -0.4 is 5.32 Å². The summed E-state index contributed by atoms with van der Waals surface area (Å²) in [6, 6.07) is 3.91. The van der Waals surface area contributed by atoms with Crippen molar-refractivity contribution < 1.29 is 4.39 Å². The monoisotopic (exact) mass is 271 g/mol. The van der Waals surface area contributed by atoms with Crippen LogP contribution in [0.2, 0.25) is 0 Å². The van der Waals surface area contributed by atoms with Crippen LogP contribution in [0, 0.1) is 12.7 Å². The van der Waals surface area contributed by atoms with Crippen LogP contribution in [0.4, 0.5) is 4.39 Å². The molecule has 2 rings (SSSR count). The third kappa shape index (κ3) is 2.40. The highest BCUT2D eigenvalue weighted by atomic mass is 79.9. The lowest BCUT2D eigenvalue weighted by atomic mass is 9.96. The quantitative estimate of drug-likeness (QED) is 0.821. The molecule has 3 heteroatoms. The topological polar surface area (TPSA) is 12.0 Å². The van der Waals surface area contributed by atoms with Gasteiger partial charge in [-0.3, -0.25) is 0 Å². The molecule has 15 heavy (non-hydrogen) atoms. The van der Waals surface area contributed by atoms with Crippen molar-refractivity contribution >= 4 is 15.9 Å². The molecule has 1 N–H and O–H groups in total. The summed E-state index contributed by atoms with van der Waals surface area (Å²) in [6.45, 7) is 2.81. The van der Waals surface area contributed by atoms with Crippen LogP contribution in [0.25, 0.3) is 0 Å². The average Bonchev–Trinajstić information content (AvgIpc) is 2.24. The van der Waals surface area contributed by atoms with Crippen LogP contribution >= 0.6 is 15.9 Å². The second kappa shape index (κ2) is 4.62. The SMILES string of the molecule is Cc1cc(Br)cc(C2CCCCN2)c1F. The zero-order valence-electron chi connectivity index (χ0n) is 8.82. The van der Waals surface area contributed by atoms with E-state index in [9.17, 15) is 4.39 Å². The maximum atomic E-state index is 13.9. The van der Waals surface area contributed by atoms with E-state index in [1.165, 1.54) is 12.8 Å². The van der Waals surface area contributed by atoms with Crippen LogP contribution in [-0.4, -0.2) is 6.54 Å². The number of aryl methyl sites for hydroxylation is 1. The van der Waals surface area contributed by atoms with Gasteiger partial charge in [-0.2, -0.15) is 0 Å². The molecule has 1 fully saturated rings. The molecule has 0 radical (unpaired) electrons. The predicted molar refractivity (Wildman–Crippen MR) is 63.4 cm³/mol. The van der Waals surface area contributed by atoms with Crippen molar-refractivity contribution in [3.8, 4) is 0 Å². The highest BCUT2D eigenvalue weighted by Crippen LogP contribution is 2.29. The lowest BCUT2D eigenvalue weighted by Gasteiger charge is -2.24. The molecule has 0 saturated carbocycles. The fourth-order valence-corrected chi connectivity index (χ4v) is 2.71. The Labute approximate surface area is 98.2 Å². The molecule has 1 aromatic carbocycles. The van der Waals surface area contributed by atoms with E-state index >= 15 is 0 Å². The maximum absolute atomic E-state index is 13.9. The highest BCUT2D eigenvalue weighted by molar-refractivity contribution is 9.10. The van der Waals surface area contributed by atoms with Crippen molar-refractivity contribution in [3.05, 3.63) is 33.5 Å². The molecule has 0 spiro atoms. The molecule has 1 atom stereocenters. The van der Waals surface area contributed by atoms with Crippen LogP contribution in [0.15, 0.2) is 16.6 Å². The van der Waals surface area contributed by atoms with Gasteiger partial charge in [-0.05, 0) is 44.0 Å². The highest BCUT2D eigenvalue weighted by Gasteiger charge is 2.19. The molecule has 1 unspecified atom stereocenters. The van der Waals surface area contributed by atoms with Gasteiger partial charge in [-0.1, -0.05) is 22.4 Å². The van der Waals surface area contributed by atoms with Gasteiger partial charge in [0, 0.05) is 16.1 Å². The van der Waals surface area contributed by atoms with Crippen LogP contribution in [-0.2, 0) is 0 Å². The molecule has 1 saturated heterocycles. The first-order chi connectivity index (χ1) is 7.18. The Kier molecular flexibility index (Phi) is 3.42. The standard InChI is InChI=1S/C12H15BrFN/c1-8-6-9(13)7-10(12(8)14)11-4-2-3-5-15-11/h6-7,11,15H,2-5H2,1H3. The minimum atomic E-state index is -0.0578. The lowest BCUT2D eigenvalue weighted by Crippen LogP contribution is -2.27. The summed E-state index contributed by atoms with van der Waals surface area (Å²) in [5.74, 6) is -0.0578. The summed E-state index contributed by atoms with van der Waals surface area (Å²) in [5, 5.41) is 3.37. The first kappa shape index (κ1) is 11.1. The molecular formula is C12H15BrFN. The summed E-state index contributed by atoms with van der Waals surface area (Å²) >= 11 is 3.42. The van der Waals surface area contributed by atoms with E-state index in [1.807, 2.05) is 19.1 Å². The number of nitrogens with one attached hydrogen (secondary N) is 1. The molecule has 1 aliphatic rings. The molecule has 1 aromatic rings. The molecule has 1 aliphatic heterocycles. The Morgan fingerprint density at radius 1 is 1.40 bits per heavy atom. The largest absolute Gasteiger partial charge is 0.310 e. The van der Waals surface area contributed by atoms with Gasteiger partial charge in [0.25, 0.3) is 0 Å². The number of hydrogen-bond acceptors (Lipinski definition) is 1. The molecular weight excluding hydrogens is 257 g/mol. The number of piperidine rings is 1. The second-order valence-corrected chi connectivity index (χ2v) is 5.04. The first-order valence-corrected chi connectivity index (χ1v) is 6.16. The second-order valence-electron chi connectivity index (χ2n) is 4.13. The minimum absolute atomic E-state index is 0.0578. The third-order valence-electron chi connectivity index (χ3n) is 2.93. The summed E-state index contributed by atoms with van der Waals surface area (Å²) in [7, 11) is 0. The summed E-state index contributed by atoms with van der Waals surface area (Å²) in [4.78, 5) is 0. The van der Waals surface area contributed by atoms with Crippen LogP contribution in [0.3, 0.4) is 0 Å². The van der Waals surface area contributed by atoms with Crippen molar-refractivity contribution in [1.82, 2.24) is 5.32 Å². The average molecular weight is 272 g/mol. The van der Waals surface area contributed by atoms with Gasteiger partial charge in [0.15, 0.2) is 0 Å². The molecule has 1 nitrogen and oxygen atoms in total. The molecule has 0 amide bonds. The van der Waals surface area contributed by atoms with Gasteiger partial charge in [0.1, 0.15) is 5.82 Å². The van der Waals surface area contributed by atoms with E-state index in [-0.39, 0.29) is 11.9 Å². The van der Waals surface area contributed by atoms with E-state index < -0.39 is 0 Å². The fraction of sp³-hybridized carbons (Fsp3) is 0.500. The van der Waals surface area contributed by atoms with Gasteiger partial charge >= 0.3 is 0 Å².